The quantitative estimate of drug-likeness (QED) is 0.719. The molecule has 4 rings (SSSR count). The van der Waals surface area contributed by atoms with Crippen molar-refractivity contribution >= 4 is 17.5 Å². The van der Waals surface area contributed by atoms with Gasteiger partial charge in [0.05, 0.1) is 6.20 Å². The van der Waals surface area contributed by atoms with Gasteiger partial charge in [0.15, 0.2) is 0 Å². The molecule has 3 heterocycles. The van der Waals surface area contributed by atoms with E-state index in [9.17, 15) is 4.79 Å². The molecule has 0 saturated carbocycles. The molecule has 3 aromatic rings. The Labute approximate surface area is 169 Å². The molecule has 1 saturated heterocycles. The third-order valence-corrected chi connectivity index (χ3v) is 5.50. The molecule has 1 fully saturated rings. The summed E-state index contributed by atoms with van der Waals surface area (Å²) in [5.74, 6) is 0.718. The Hall–Kier alpha value is -2.57. The fraction of sp³-hybridized carbons (Fsp3) is 0.333. The van der Waals surface area contributed by atoms with Gasteiger partial charge >= 0.3 is 0 Å². The van der Waals surface area contributed by atoms with Crippen molar-refractivity contribution in [3.63, 3.8) is 0 Å². The van der Waals surface area contributed by atoms with Crippen LogP contribution in [0.3, 0.4) is 0 Å². The zero-order valence-corrected chi connectivity index (χ0v) is 16.6. The second-order valence-corrected chi connectivity index (χ2v) is 7.68. The first kappa shape index (κ1) is 18.8. The number of nitrogens with one attached hydrogen (secondary N) is 1. The van der Waals surface area contributed by atoms with Gasteiger partial charge in [-0.05, 0) is 42.7 Å². The lowest BCUT2D eigenvalue weighted by atomic mass is 10.0. The number of aryl methyl sites for hydroxylation is 1. The van der Waals surface area contributed by atoms with Gasteiger partial charge in [0.25, 0.3) is 5.91 Å². The summed E-state index contributed by atoms with van der Waals surface area (Å²) in [6, 6.07) is 12.1. The average Bonchev–Trinajstić information content (AvgIpc) is 3.34. The van der Waals surface area contributed by atoms with Gasteiger partial charge in [-0.15, -0.1) is 0 Å². The van der Waals surface area contributed by atoms with E-state index in [-0.39, 0.29) is 11.9 Å². The lowest BCUT2D eigenvalue weighted by Crippen LogP contribution is -2.44. The Bertz CT molecular complexity index is 924. The monoisotopic (exact) mass is 397 g/mol. The normalized spacial score (nSPS) is 15.6. The summed E-state index contributed by atoms with van der Waals surface area (Å²) >= 11 is 5.96. The number of hydrogen-bond donors (Lipinski definition) is 1. The van der Waals surface area contributed by atoms with Crippen LogP contribution in [0.4, 0.5) is 0 Å². The van der Waals surface area contributed by atoms with Crippen LogP contribution in [0.15, 0.2) is 55.0 Å². The number of aromatic nitrogens is 3. The SMILES string of the molecule is Cn1ncc(C(=O)NC2CCN(Cc3ccc(Cl)cc3)CC2)c1-n1cccc1. The van der Waals surface area contributed by atoms with Crippen molar-refractivity contribution in [2.45, 2.75) is 25.4 Å². The Morgan fingerprint density at radius 1 is 1.18 bits per heavy atom. The predicted octanol–water partition coefficient (Wildman–Crippen LogP) is 3.26. The van der Waals surface area contributed by atoms with Gasteiger partial charge in [0.2, 0.25) is 0 Å². The van der Waals surface area contributed by atoms with Crippen molar-refractivity contribution in [1.82, 2.24) is 24.6 Å². The van der Waals surface area contributed by atoms with E-state index in [1.54, 1.807) is 10.9 Å². The molecular weight excluding hydrogens is 374 g/mol. The van der Waals surface area contributed by atoms with E-state index in [0.717, 1.165) is 43.3 Å². The van der Waals surface area contributed by atoms with E-state index in [4.69, 9.17) is 11.6 Å². The van der Waals surface area contributed by atoms with Gasteiger partial charge in [-0.25, -0.2) is 0 Å². The molecule has 0 bridgehead atoms. The number of benzene rings is 1. The van der Waals surface area contributed by atoms with Crippen molar-refractivity contribution < 1.29 is 4.79 Å². The number of hydrogen-bond acceptors (Lipinski definition) is 3. The Kier molecular flexibility index (Phi) is 5.50. The molecule has 1 aromatic carbocycles. The van der Waals surface area contributed by atoms with E-state index < -0.39 is 0 Å². The van der Waals surface area contributed by atoms with Crippen LogP contribution >= 0.6 is 11.6 Å². The Balaban J connectivity index is 1.34. The lowest BCUT2D eigenvalue weighted by molar-refractivity contribution is 0.0909. The third-order valence-electron chi connectivity index (χ3n) is 5.24. The van der Waals surface area contributed by atoms with Crippen LogP contribution in [0.2, 0.25) is 5.02 Å². The summed E-state index contributed by atoms with van der Waals surface area (Å²) in [6.45, 7) is 2.84. The minimum absolute atomic E-state index is 0.0621. The van der Waals surface area contributed by atoms with Crippen LogP contribution in [0.25, 0.3) is 5.82 Å². The summed E-state index contributed by atoms with van der Waals surface area (Å²) in [4.78, 5) is 15.3. The van der Waals surface area contributed by atoms with Crippen molar-refractivity contribution in [3.8, 4) is 5.82 Å². The molecule has 7 heteroatoms. The fourth-order valence-corrected chi connectivity index (χ4v) is 3.85. The maximum Gasteiger partial charge on any atom is 0.256 e. The molecule has 6 nitrogen and oxygen atoms in total. The lowest BCUT2D eigenvalue weighted by Gasteiger charge is -2.32. The molecule has 0 radical (unpaired) electrons. The number of nitrogens with zero attached hydrogens (tertiary/aromatic N) is 4. The molecule has 0 spiro atoms. The molecule has 1 amide bonds. The maximum atomic E-state index is 12.8. The summed E-state index contributed by atoms with van der Waals surface area (Å²) in [5, 5.41) is 8.23. The van der Waals surface area contributed by atoms with Gasteiger partial charge < -0.3 is 9.88 Å². The molecule has 1 aliphatic heterocycles. The van der Waals surface area contributed by atoms with E-state index in [0.29, 0.717) is 5.56 Å². The van der Waals surface area contributed by atoms with E-state index in [1.807, 2.05) is 48.3 Å². The van der Waals surface area contributed by atoms with Gasteiger partial charge in [0.1, 0.15) is 11.4 Å². The smallest absolute Gasteiger partial charge is 0.256 e. The van der Waals surface area contributed by atoms with Crippen molar-refractivity contribution in [2.24, 2.45) is 7.05 Å². The topological polar surface area (TPSA) is 55.1 Å². The first-order valence-corrected chi connectivity index (χ1v) is 9.91. The second kappa shape index (κ2) is 8.20. The van der Waals surface area contributed by atoms with Crippen LogP contribution < -0.4 is 5.32 Å². The fourth-order valence-electron chi connectivity index (χ4n) is 3.72. The maximum absolute atomic E-state index is 12.8. The van der Waals surface area contributed by atoms with Gasteiger partial charge in [-0.3, -0.25) is 14.4 Å². The van der Waals surface area contributed by atoms with Gasteiger partial charge in [-0.1, -0.05) is 23.7 Å². The average molecular weight is 398 g/mol. The Morgan fingerprint density at radius 2 is 1.86 bits per heavy atom. The first-order valence-electron chi connectivity index (χ1n) is 9.53. The molecule has 28 heavy (non-hydrogen) atoms. The molecule has 1 aliphatic rings. The number of rotatable bonds is 5. The summed E-state index contributed by atoms with van der Waals surface area (Å²) < 4.78 is 3.64. The molecule has 2 aromatic heterocycles. The van der Waals surface area contributed by atoms with Crippen LogP contribution in [-0.2, 0) is 13.6 Å². The Morgan fingerprint density at radius 3 is 2.54 bits per heavy atom. The number of carbonyl (C=O) groups excluding carboxylic acids is 1. The minimum Gasteiger partial charge on any atom is -0.349 e. The molecular formula is C21H24ClN5O. The number of piperidine rings is 1. The number of amides is 1. The summed E-state index contributed by atoms with van der Waals surface area (Å²) in [5.41, 5.74) is 1.86. The highest BCUT2D eigenvalue weighted by molar-refractivity contribution is 6.30. The second-order valence-electron chi connectivity index (χ2n) is 7.25. The highest BCUT2D eigenvalue weighted by Gasteiger charge is 2.24. The number of carbonyl (C=O) groups is 1. The molecule has 0 atom stereocenters. The van der Waals surface area contributed by atoms with Crippen molar-refractivity contribution in [2.75, 3.05) is 13.1 Å². The first-order chi connectivity index (χ1) is 13.6. The highest BCUT2D eigenvalue weighted by atomic mass is 35.5. The number of likely N-dealkylation sites (tertiary alicyclic amines) is 1. The summed E-state index contributed by atoms with van der Waals surface area (Å²) in [6.07, 6.45) is 7.36. The standard InChI is InChI=1S/C21H24ClN5O/c1-25-21(27-10-2-3-11-27)19(14-23-25)20(28)24-18-8-12-26(13-9-18)15-16-4-6-17(22)7-5-16/h2-7,10-11,14,18H,8-9,12-13,15H2,1H3,(H,24,28). The minimum atomic E-state index is -0.0621. The molecule has 0 unspecified atom stereocenters. The molecule has 146 valence electrons. The zero-order chi connectivity index (χ0) is 19.5. The largest absolute Gasteiger partial charge is 0.349 e. The summed E-state index contributed by atoms with van der Waals surface area (Å²) in [7, 11) is 1.85. The predicted molar refractivity (Wildman–Crippen MR) is 110 cm³/mol. The van der Waals surface area contributed by atoms with Crippen LogP contribution in [0.1, 0.15) is 28.8 Å². The molecule has 1 N–H and O–H groups in total. The van der Waals surface area contributed by atoms with Crippen molar-refractivity contribution in [3.05, 3.63) is 71.1 Å². The van der Waals surface area contributed by atoms with Crippen LogP contribution in [0, 0.1) is 0 Å². The zero-order valence-electron chi connectivity index (χ0n) is 15.9. The van der Waals surface area contributed by atoms with Crippen LogP contribution in [0.5, 0.6) is 0 Å². The highest BCUT2D eigenvalue weighted by Crippen LogP contribution is 2.18. The van der Waals surface area contributed by atoms with Gasteiger partial charge in [0, 0.05) is 50.1 Å². The molecule has 0 aliphatic carbocycles. The van der Waals surface area contributed by atoms with Crippen LogP contribution in [-0.4, -0.2) is 44.3 Å². The van der Waals surface area contributed by atoms with E-state index in [1.165, 1.54) is 5.56 Å². The van der Waals surface area contributed by atoms with Crippen molar-refractivity contribution in [1.29, 1.82) is 0 Å². The van der Waals surface area contributed by atoms with E-state index >= 15 is 0 Å². The van der Waals surface area contributed by atoms with E-state index in [2.05, 4.69) is 27.4 Å². The van der Waals surface area contributed by atoms with Gasteiger partial charge in [-0.2, -0.15) is 5.10 Å². The third kappa shape index (κ3) is 4.13. The number of halogens is 1.